The average molecular weight is 455 g/mol. The predicted molar refractivity (Wildman–Crippen MR) is 129 cm³/mol. The Morgan fingerprint density at radius 1 is 1.19 bits per heavy atom. The van der Waals surface area contributed by atoms with Gasteiger partial charge in [-0.3, -0.25) is 4.79 Å². The molecule has 3 aliphatic rings. The van der Waals surface area contributed by atoms with E-state index in [0.29, 0.717) is 6.54 Å². The van der Waals surface area contributed by atoms with Gasteiger partial charge in [-0.05, 0) is 47.3 Å². The molecule has 4 atom stereocenters. The molecule has 1 aliphatic carbocycles. The number of hydrogen-bond acceptors (Lipinski definition) is 6. The summed E-state index contributed by atoms with van der Waals surface area (Å²) in [5.74, 6) is -0.321. The zero-order chi connectivity index (χ0) is 22.8. The van der Waals surface area contributed by atoms with Gasteiger partial charge in [0.15, 0.2) is 5.13 Å². The molecule has 0 radical (unpaired) electrons. The van der Waals surface area contributed by atoms with Crippen molar-refractivity contribution in [1.29, 1.82) is 0 Å². The number of aliphatic hydroxyl groups excluding tert-OH is 1. The van der Waals surface area contributed by atoms with Crippen LogP contribution >= 0.6 is 11.3 Å². The number of anilines is 1. The maximum Gasteiger partial charge on any atom is 0.239 e. The summed E-state index contributed by atoms with van der Waals surface area (Å²) < 4.78 is 0. The van der Waals surface area contributed by atoms with Crippen LogP contribution in [-0.4, -0.2) is 47.3 Å². The molecule has 4 N–H and O–H groups in total. The molecule has 0 saturated carbocycles. The van der Waals surface area contributed by atoms with E-state index in [-0.39, 0.29) is 28.7 Å². The van der Waals surface area contributed by atoms with Crippen LogP contribution < -0.4 is 16.0 Å². The second-order valence-electron chi connectivity index (χ2n) is 11.1. The average Bonchev–Trinajstić information content (AvgIpc) is 3.25. The van der Waals surface area contributed by atoms with Gasteiger partial charge in [0, 0.05) is 36.0 Å². The standard InChI is InChI=1S/C25H34N4O2S/c1-24(2)8-9-25(3,4)17-11-14(5-6-16(17)24)19-13-32-23(28-19)29-10-7-18-15(12-29)21(30)20(26)22(31)27-18/h5-6,11,13,15,18,20-21,30H,7-10,12,26H2,1-4H3,(H,27,31)/t15?,18?,20-,21+/m0/s1. The summed E-state index contributed by atoms with van der Waals surface area (Å²) in [5, 5.41) is 16.6. The first kappa shape index (κ1) is 21.9. The SMILES string of the molecule is CC1(C)CCC(C)(C)c2cc(-c3csc(N4CCC5NC(=O)[C@@H](N)[C@H](O)C5C4)n3)ccc21. The van der Waals surface area contributed by atoms with Gasteiger partial charge in [-0.2, -0.15) is 0 Å². The maximum absolute atomic E-state index is 11.9. The number of rotatable bonds is 2. The van der Waals surface area contributed by atoms with Gasteiger partial charge in [-0.25, -0.2) is 4.98 Å². The highest BCUT2D eigenvalue weighted by molar-refractivity contribution is 7.14. The van der Waals surface area contributed by atoms with E-state index in [1.807, 2.05) is 0 Å². The van der Waals surface area contributed by atoms with E-state index in [9.17, 15) is 9.90 Å². The fourth-order valence-corrected chi connectivity index (χ4v) is 6.54. The van der Waals surface area contributed by atoms with E-state index in [2.05, 4.69) is 61.5 Å². The molecule has 2 aromatic rings. The normalized spacial score (nSPS) is 30.9. The number of nitrogens with zero attached hydrogens (tertiary/aromatic N) is 2. The number of carbonyl (C=O) groups is 1. The Morgan fingerprint density at radius 3 is 2.66 bits per heavy atom. The smallest absolute Gasteiger partial charge is 0.239 e. The Balaban J connectivity index is 1.40. The quantitative estimate of drug-likeness (QED) is 0.648. The van der Waals surface area contributed by atoms with Crippen molar-refractivity contribution in [3.63, 3.8) is 0 Å². The Labute approximate surface area is 194 Å². The van der Waals surface area contributed by atoms with Gasteiger partial charge >= 0.3 is 0 Å². The van der Waals surface area contributed by atoms with E-state index in [1.165, 1.54) is 29.5 Å². The van der Waals surface area contributed by atoms with Crippen LogP contribution in [0.5, 0.6) is 0 Å². The van der Waals surface area contributed by atoms with Crippen LogP contribution in [0.15, 0.2) is 23.6 Å². The van der Waals surface area contributed by atoms with Gasteiger partial charge in [0.25, 0.3) is 0 Å². The lowest BCUT2D eigenvalue weighted by Gasteiger charge is -2.45. The highest BCUT2D eigenvalue weighted by atomic mass is 32.1. The third kappa shape index (κ3) is 3.55. The van der Waals surface area contributed by atoms with Gasteiger partial charge in [-0.1, -0.05) is 39.8 Å². The second-order valence-corrected chi connectivity index (χ2v) is 11.9. The molecule has 1 amide bonds. The number of fused-ring (bicyclic) bond motifs is 2. The van der Waals surface area contributed by atoms with Gasteiger partial charge in [0.2, 0.25) is 5.91 Å². The number of nitrogens with one attached hydrogen (secondary N) is 1. The van der Waals surface area contributed by atoms with Crippen molar-refractivity contribution >= 4 is 22.4 Å². The fraction of sp³-hybridized carbons (Fsp3) is 0.600. The molecule has 0 spiro atoms. The van der Waals surface area contributed by atoms with Crippen LogP contribution in [0, 0.1) is 5.92 Å². The number of benzene rings is 1. The number of piperidine rings is 2. The lowest BCUT2D eigenvalue weighted by atomic mass is 9.63. The molecular formula is C25H34N4O2S. The first-order valence-electron chi connectivity index (χ1n) is 11.7. The molecule has 5 rings (SSSR count). The van der Waals surface area contributed by atoms with E-state index < -0.39 is 12.1 Å². The number of nitrogens with two attached hydrogens (primary N) is 1. The van der Waals surface area contributed by atoms with Crippen LogP contribution in [0.4, 0.5) is 5.13 Å². The molecule has 6 nitrogen and oxygen atoms in total. The Hall–Kier alpha value is -1.96. The third-order valence-electron chi connectivity index (χ3n) is 8.01. The fourth-order valence-electron chi connectivity index (χ4n) is 5.67. The van der Waals surface area contributed by atoms with Crippen molar-refractivity contribution in [2.75, 3.05) is 18.0 Å². The van der Waals surface area contributed by atoms with E-state index >= 15 is 0 Å². The van der Waals surface area contributed by atoms with Crippen LogP contribution in [0.25, 0.3) is 11.3 Å². The van der Waals surface area contributed by atoms with Crippen molar-refractivity contribution in [2.24, 2.45) is 11.7 Å². The van der Waals surface area contributed by atoms with Crippen molar-refractivity contribution in [3.05, 3.63) is 34.7 Å². The summed E-state index contributed by atoms with van der Waals surface area (Å²) in [7, 11) is 0. The largest absolute Gasteiger partial charge is 0.391 e. The van der Waals surface area contributed by atoms with Gasteiger partial charge < -0.3 is 21.1 Å². The Morgan fingerprint density at radius 2 is 1.91 bits per heavy atom. The lowest BCUT2D eigenvalue weighted by molar-refractivity contribution is -0.131. The molecule has 0 bridgehead atoms. The summed E-state index contributed by atoms with van der Waals surface area (Å²) in [4.78, 5) is 19.1. The monoisotopic (exact) mass is 454 g/mol. The third-order valence-corrected chi connectivity index (χ3v) is 8.91. The lowest BCUT2D eigenvalue weighted by Crippen LogP contribution is -2.67. The summed E-state index contributed by atoms with van der Waals surface area (Å²) >= 11 is 1.64. The van der Waals surface area contributed by atoms with Crippen molar-refractivity contribution in [1.82, 2.24) is 10.3 Å². The topological polar surface area (TPSA) is 91.5 Å². The van der Waals surface area contributed by atoms with E-state index in [4.69, 9.17) is 10.7 Å². The molecule has 32 heavy (non-hydrogen) atoms. The first-order chi connectivity index (χ1) is 15.1. The first-order valence-corrected chi connectivity index (χ1v) is 12.5. The summed E-state index contributed by atoms with van der Waals surface area (Å²) in [6.07, 6.45) is 2.37. The Kier molecular flexibility index (Phi) is 5.15. The van der Waals surface area contributed by atoms with Crippen molar-refractivity contribution in [3.8, 4) is 11.3 Å². The Bertz CT molecular complexity index is 1040. The van der Waals surface area contributed by atoms with Crippen molar-refractivity contribution < 1.29 is 9.90 Å². The predicted octanol–water partition coefficient (Wildman–Crippen LogP) is 3.17. The number of thiazole rings is 1. The van der Waals surface area contributed by atoms with Crippen LogP contribution in [0.1, 0.15) is 58.1 Å². The second kappa shape index (κ2) is 7.54. The number of carbonyl (C=O) groups excluding carboxylic acids is 1. The molecule has 2 unspecified atom stereocenters. The minimum absolute atomic E-state index is 0.0146. The van der Waals surface area contributed by atoms with Gasteiger partial charge in [0.1, 0.15) is 6.04 Å². The number of hydrogen-bond donors (Lipinski definition) is 3. The molecule has 2 fully saturated rings. The highest BCUT2D eigenvalue weighted by Gasteiger charge is 2.44. The summed E-state index contributed by atoms with van der Waals surface area (Å²) in [6, 6.07) is 6.00. The minimum atomic E-state index is -0.855. The summed E-state index contributed by atoms with van der Waals surface area (Å²) in [5.41, 5.74) is 11.3. The maximum atomic E-state index is 11.9. The van der Waals surface area contributed by atoms with Crippen LogP contribution in [0.2, 0.25) is 0 Å². The highest BCUT2D eigenvalue weighted by Crippen LogP contribution is 2.47. The van der Waals surface area contributed by atoms with E-state index in [0.717, 1.165) is 23.8 Å². The number of aliphatic hydroxyl groups is 1. The summed E-state index contributed by atoms with van der Waals surface area (Å²) in [6.45, 7) is 10.8. The van der Waals surface area contributed by atoms with Crippen LogP contribution in [0.3, 0.4) is 0 Å². The molecule has 3 heterocycles. The molecule has 2 aliphatic heterocycles. The molecule has 7 heteroatoms. The molecule has 2 saturated heterocycles. The zero-order valence-electron chi connectivity index (χ0n) is 19.4. The molecule has 1 aromatic carbocycles. The van der Waals surface area contributed by atoms with Gasteiger partial charge in [0.05, 0.1) is 11.8 Å². The van der Waals surface area contributed by atoms with Crippen LogP contribution in [-0.2, 0) is 15.6 Å². The van der Waals surface area contributed by atoms with Gasteiger partial charge in [-0.15, -0.1) is 11.3 Å². The number of amides is 1. The molecule has 172 valence electrons. The van der Waals surface area contributed by atoms with Crippen molar-refractivity contribution in [2.45, 2.75) is 76.0 Å². The zero-order valence-corrected chi connectivity index (χ0v) is 20.2. The molecule has 1 aromatic heterocycles. The minimum Gasteiger partial charge on any atom is -0.391 e. The molecular weight excluding hydrogens is 420 g/mol. The van der Waals surface area contributed by atoms with E-state index in [1.54, 1.807) is 11.3 Å². The number of aromatic nitrogens is 1.